The first-order valence-corrected chi connectivity index (χ1v) is 10.7. The van der Waals surface area contributed by atoms with Crippen molar-refractivity contribution in [1.29, 1.82) is 0 Å². The van der Waals surface area contributed by atoms with Crippen LogP contribution in [0.25, 0.3) is 28.2 Å². The normalized spacial score (nSPS) is 14.5. The second-order valence-corrected chi connectivity index (χ2v) is 8.82. The fourth-order valence-corrected chi connectivity index (χ4v) is 3.80. The van der Waals surface area contributed by atoms with Crippen LogP contribution in [0.1, 0.15) is 26.3 Å². The van der Waals surface area contributed by atoms with Gasteiger partial charge in [0, 0.05) is 37.1 Å². The number of benzene rings is 2. The number of piperazine rings is 1. The first kappa shape index (κ1) is 21.7. The summed E-state index contributed by atoms with van der Waals surface area (Å²) in [6, 6.07) is 11.0. The van der Waals surface area contributed by atoms with E-state index in [2.05, 4.69) is 16.5 Å². The van der Waals surface area contributed by atoms with Gasteiger partial charge in [0.15, 0.2) is 0 Å². The van der Waals surface area contributed by atoms with E-state index in [0.29, 0.717) is 43.1 Å². The van der Waals surface area contributed by atoms with Crippen LogP contribution in [-0.2, 0) is 4.74 Å². The van der Waals surface area contributed by atoms with Crippen LogP contribution in [0, 0.1) is 5.82 Å². The molecule has 4 rings (SSSR count). The molecule has 166 valence electrons. The number of halogens is 1. The van der Waals surface area contributed by atoms with E-state index in [1.54, 1.807) is 17.0 Å². The van der Waals surface area contributed by atoms with Gasteiger partial charge in [0.1, 0.15) is 17.7 Å². The van der Waals surface area contributed by atoms with Crippen molar-refractivity contribution >= 4 is 28.8 Å². The topological polar surface area (TPSA) is 58.6 Å². The minimum atomic E-state index is -0.534. The number of aromatic nitrogens is 2. The van der Waals surface area contributed by atoms with Crippen LogP contribution in [-0.4, -0.2) is 52.7 Å². The Morgan fingerprint density at radius 3 is 2.50 bits per heavy atom. The largest absolute Gasteiger partial charge is 0.444 e. The molecule has 0 bridgehead atoms. The summed E-state index contributed by atoms with van der Waals surface area (Å²) in [5.41, 5.74) is 3.10. The zero-order valence-corrected chi connectivity index (χ0v) is 18.6. The first-order valence-electron chi connectivity index (χ1n) is 10.7. The Kier molecular flexibility index (Phi) is 5.82. The fraction of sp³-hybridized carbons (Fsp3) is 0.320. The molecule has 2 aromatic carbocycles. The standard InChI is InChI=1S/C25H27FN4O2/c1-5-17-6-8-21-19(14-17)23(28-16-27-21)18-7-9-22(20(26)15-18)29-10-12-30(13-11-29)24(31)32-25(2,3)4/h5-9,14-16H,1,10-13H2,2-4H3. The summed E-state index contributed by atoms with van der Waals surface area (Å²) in [4.78, 5) is 24.6. The van der Waals surface area contributed by atoms with Gasteiger partial charge in [-0.15, -0.1) is 0 Å². The lowest BCUT2D eigenvalue weighted by atomic mass is 10.0. The van der Waals surface area contributed by atoms with Gasteiger partial charge in [0.25, 0.3) is 0 Å². The maximum Gasteiger partial charge on any atom is 0.410 e. The maximum atomic E-state index is 15.1. The zero-order chi connectivity index (χ0) is 22.9. The molecule has 0 N–H and O–H groups in total. The summed E-state index contributed by atoms with van der Waals surface area (Å²) in [6.07, 6.45) is 2.92. The van der Waals surface area contributed by atoms with Crippen molar-refractivity contribution in [3.8, 4) is 11.3 Å². The summed E-state index contributed by atoms with van der Waals surface area (Å²) in [6.45, 7) is 11.4. The summed E-state index contributed by atoms with van der Waals surface area (Å²) in [5.74, 6) is -0.320. The van der Waals surface area contributed by atoms with E-state index in [1.807, 2.05) is 49.9 Å². The van der Waals surface area contributed by atoms with Crippen LogP contribution in [0.5, 0.6) is 0 Å². The predicted molar refractivity (Wildman–Crippen MR) is 125 cm³/mol. The van der Waals surface area contributed by atoms with Gasteiger partial charge in [-0.1, -0.05) is 24.8 Å². The second-order valence-electron chi connectivity index (χ2n) is 8.82. The highest BCUT2D eigenvalue weighted by molar-refractivity contribution is 5.93. The van der Waals surface area contributed by atoms with Crippen LogP contribution in [0.4, 0.5) is 14.9 Å². The van der Waals surface area contributed by atoms with Gasteiger partial charge in [0.2, 0.25) is 0 Å². The smallest absolute Gasteiger partial charge is 0.410 e. The summed E-state index contributed by atoms with van der Waals surface area (Å²) in [5, 5.41) is 0.850. The molecule has 0 saturated carbocycles. The molecule has 1 amide bonds. The Balaban J connectivity index is 1.53. The quantitative estimate of drug-likeness (QED) is 0.572. The average molecular weight is 435 g/mol. The third kappa shape index (κ3) is 4.56. The zero-order valence-electron chi connectivity index (χ0n) is 18.6. The molecule has 0 atom stereocenters. The molecule has 3 aromatic rings. The van der Waals surface area contributed by atoms with E-state index in [1.165, 1.54) is 12.4 Å². The highest BCUT2D eigenvalue weighted by atomic mass is 19.1. The van der Waals surface area contributed by atoms with Crippen LogP contribution >= 0.6 is 0 Å². The SMILES string of the molecule is C=Cc1ccc2ncnc(-c3ccc(N4CCN(C(=O)OC(C)(C)C)CC4)c(F)c3)c2c1. The minimum Gasteiger partial charge on any atom is -0.444 e. The number of fused-ring (bicyclic) bond motifs is 1. The molecule has 0 spiro atoms. The number of rotatable bonds is 3. The molecule has 1 saturated heterocycles. The highest BCUT2D eigenvalue weighted by Gasteiger charge is 2.27. The molecule has 2 heterocycles. The number of nitrogens with zero attached hydrogens (tertiary/aromatic N) is 4. The number of carbonyl (C=O) groups is 1. The van der Waals surface area contributed by atoms with E-state index in [0.717, 1.165) is 16.5 Å². The summed E-state index contributed by atoms with van der Waals surface area (Å²) < 4.78 is 20.6. The van der Waals surface area contributed by atoms with Gasteiger partial charge in [-0.2, -0.15) is 0 Å². The molecular weight excluding hydrogens is 407 g/mol. The minimum absolute atomic E-state index is 0.320. The lowest BCUT2D eigenvalue weighted by Crippen LogP contribution is -2.50. The van der Waals surface area contributed by atoms with Crippen molar-refractivity contribution in [2.75, 3.05) is 31.1 Å². The second kappa shape index (κ2) is 8.57. The molecule has 32 heavy (non-hydrogen) atoms. The van der Waals surface area contributed by atoms with Crippen LogP contribution < -0.4 is 4.90 Å². The Hall–Kier alpha value is -3.48. The third-order valence-corrected chi connectivity index (χ3v) is 5.39. The van der Waals surface area contributed by atoms with Gasteiger partial charge in [-0.05, 0) is 50.6 Å². The maximum absolute atomic E-state index is 15.1. The van der Waals surface area contributed by atoms with Gasteiger partial charge < -0.3 is 14.5 Å². The predicted octanol–water partition coefficient (Wildman–Crippen LogP) is 5.14. The molecule has 1 fully saturated rings. The average Bonchev–Trinajstić information content (AvgIpc) is 2.77. The van der Waals surface area contributed by atoms with E-state index >= 15 is 4.39 Å². The van der Waals surface area contributed by atoms with Gasteiger partial charge in [-0.25, -0.2) is 19.2 Å². The number of hydrogen-bond donors (Lipinski definition) is 0. The van der Waals surface area contributed by atoms with Crippen LogP contribution in [0.15, 0.2) is 49.3 Å². The molecule has 0 aliphatic carbocycles. The van der Waals surface area contributed by atoms with Gasteiger partial charge in [0.05, 0.1) is 16.9 Å². The fourth-order valence-electron chi connectivity index (χ4n) is 3.80. The Morgan fingerprint density at radius 2 is 1.84 bits per heavy atom. The highest BCUT2D eigenvalue weighted by Crippen LogP contribution is 2.30. The van der Waals surface area contributed by atoms with Crippen molar-refractivity contribution in [1.82, 2.24) is 14.9 Å². The van der Waals surface area contributed by atoms with Crippen LogP contribution in [0.2, 0.25) is 0 Å². The lowest BCUT2D eigenvalue weighted by molar-refractivity contribution is 0.0240. The molecule has 1 aromatic heterocycles. The molecular formula is C25H27FN4O2. The molecule has 7 heteroatoms. The number of anilines is 1. The van der Waals surface area contributed by atoms with E-state index in [4.69, 9.17) is 4.74 Å². The number of amides is 1. The van der Waals surface area contributed by atoms with E-state index in [9.17, 15) is 4.79 Å². The van der Waals surface area contributed by atoms with Crippen molar-refractivity contribution in [2.24, 2.45) is 0 Å². The number of hydrogen-bond acceptors (Lipinski definition) is 5. The van der Waals surface area contributed by atoms with Crippen molar-refractivity contribution in [3.05, 3.63) is 60.7 Å². The summed E-state index contributed by atoms with van der Waals surface area (Å²) in [7, 11) is 0. The number of carbonyl (C=O) groups excluding carboxylic acids is 1. The first-order chi connectivity index (χ1) is 15.2. The Labute approximate surface area is 187 Å². The van der Waals surface area contributed by atoms with Gasteiger partial charge in [-0.3, -0.25) is 0 Å². The third-order valence-electron chi connectivity index (χ3n) is 5.39. The monoisotopic (exact) mass is 434 g/mol. The number of ether oxygens (including phenoxy) is 1. The van der Waals surface area contributed by atoms with E-state index in [-0.39, 0.29) is 11.9 Å². The van der Waals surface area contributed by atoms with E-state index < -0.39 is 5.60 Å². The Morgan fingerprint density at radius 1 is 1.09 bits per heavy atom. The van der Waals surface area contributed by atoms with Gasteiger partial charge >= 0.3 is 6.09 Å². The van der Waals surface area contributed by atoms with Crippen molar-refractivity contribution < 1.29 is 13.9 Å². The molecule has 0 unspecified atom stereocenters. The molecule has 1 aliphatic rings. The molecule has 1 aliphatic heterocycles. The Bertz CT molecular complexity index is 1160. The summed E-state index contributed by atoms with van der Waals surface area (Å²) >= 11 is 0. The van der Waals surface area contributed by atoms with Crippen molar-refractivity contribution in [2.45, 2.75) is 26.4 Å². The van der Waals surface area contributed by atoms with Crippen molar-refractivity contribution in [3.63, 3.8) is 0 Å². The lowest BCUT2D eigenvalue weighted by Gasteiger charge is -2.36. The molecule has 0 radical (unpaired) electrons. The molecule has 6 nitrogen and oxygen atoms in total. The van der Waals surface area contributed by atoms with Crippen LogP contribution in [0.3, 0.4) is 0 Å².